The minimum absolute atomic E-state index is 0.155. The smallest absolute Gasteiger partial charge is 0.331 e. The number of anilines is 1. The number of ether oxygens (including phenoxy) is 3. The third-order valence-corrected chi connectivity index (χ3v) is 3.65. The monoisotopic (exact) mass is 359 g/mol. The Morgan fingerprint density at radius 1 is 1.16 bits per heavy atom. The van der Waals surface area contributed by atoms with Gasteiger partial charge in [0, 0.05) is 22.9 Å². The molecule has 128 valence electrons. The first-order valence-electron chi connectivity index (χ1n) is 7.41. The van der Waals surface area contributed by atoms with Crippen LogP contribution in [0.3, 0.4) is 0 Å². The molecule has 0 unspecified atom stereocenters. The topological polar surface area (TPSA) is 73.9 Å². The van der Waals surface area contributed by atoms with E-state index in [0.29, 0.717) is 27.8 Å². The first-order valence-corrected chi connectivity index (χ1v) is 7.78. The van der Waals surface area contributed by atoms with E-state index < -0.39 is 18.5 Å². The van der Waals surface area contributed by atoms with Crippen molar-refractivity contribution in [2.45, 2.75) is 0 Å². The van der Waals surface area contributed by atoms with Crippen molar-refractivity contribution in [1.82, 2.24) is 0 Å². The van der Waals surface area contributed by atoms with Gasteiger partial charge in [-0.1, -0.05) is 29.8 Å². The first-order chi connectivity index (χ1) is 12.1. The molecule has 2 aromatic carbocycles. The predicted molar refractivity (Wildman–Crippen MR) is 92.6 cm³/mol. The van der Waals surface area contributed by atoms with Gasteiger partial charge in [0.1, 0.15) is 0 Å². The Bertz CT molecular complexity index is 834. The van der Waals surface area contributed by atoms with Crippen molar-refractivity contribution in [3.05, 3.63) is 59.1 Å². The number of benzene rings is 2. The summed E-state index contributed by atoms with van der Waals surface area (Å²) < 4.78 is 15.3. The summed E-state index contributed by atoms with van der Waals surface area (Å²) in [5.74, 6) is 0.0747. The average Bonchev–Trinajstić information content (AvgIpc) is 3.07. The van der Waals surface area contributed by atoms with Gasteiger partial charge in [-0.25, -0.2) is 4.79 Å². The fourth-order valence-corrected chi connectivity index (χ4v) is 2.32. The van der Waals surface area contributed by atoms with Crippen molar-refractivity contribution >= 4 is 35.2 Å². The van der Waals surface area contributed by atoms with Crippen LogP contribution in [0.4, 0.5) is 5.69 Å². The minimum Gasteiger partial charge on any atom is -0.454 e. The van der Waals surface area contributed by atoms with Crippen molar-refractivity contribution in [2.24, 2.45) is 0 Å². The number of amides is 1. The van der Waals surface area contributed by atoms with E-state index >= 15 is 0 Å². The molecule has 0 aromatic heterocycles. The van der Waals surface area contributed by atoms with E-state index in [0.717, 1.165) is 0 Å². The van der Waals surface area contributed by atoms with E-state index in [1.54, 1.807) is 42.5 Å². The van der Waals surface area contributed by atoms with Gasteiger partial charge >= 0.3 is 5.97 Å². The summed E-state index contributed by atoms with van der Waals surface area (Å²) in [7, 11) is 0. The third-order valence-electron chi connectivity index (χ3n) is 3.31. The van der Waals surface area contributed by atoms with Crippen molar-refractivity contribution in [3.63, 3.8) is 0 Å². The molecule has 0 aliphatic carbocycles. The number of esters is 1. The Kier molecular flexibility index (Phi) is 5.20. The number of carbonyl (C=O) groups is 2. The standard InChI is InChI=1S/C18H14ClNO5/c19-14-4-2-1-3-12(14)5-8-18(22)23-10-17(21)20-13-6-7-15-16(9-13)25-11-24-15/h1-9H,10-11H2,(H,20,21). The van der Waals surface area contributed by atoms with Crippen LogP contribution in [0.15, 0.2) is 48.5 Å². The van der Waals surface area contributed by atoms with Gasteiger partial charge in [-0.15, -0.1) is 0 Å². The Labute approximate surface area is 148 Å². The first kappa shape index (κ1) is 16.9. The Morgan fingerprint density at radius 3 is 2.80 bits per heavy atom. The molecule has 1 N–H and O–H groups in total. The lowest BCUT2D eigenvalue weighted by Crippen LogP contribution is -2.20. The quantitative estimate of drug-likeness (QED) is 0.655. The van der Waals surface area contributed by atoms with Gasteiger partial charge < -0.3 is 19.5 Å². The molecule has 1 amide bonds. The van der Waals surface area contributed by atoms with Gasteiger partial charge in [-0.05, 0) is 29.8 Å². The molecule has 3 rings (SSSR count). The molecule has 2 aromatic rings. The van der Waals surface area contributed by atoms with Crippen molar-refractivity contribution < 1.29 is 23.8 Å². The van der Waals surface area contributed by atoms with Crippen LogP contribution in [0.2, 0.25) is 5.02 Å². The fraction of sp³-hybridized carbons (Fsp3) is 0.111. The van der Waals surface area contributed by atoms with Crippen LogP contribution >= 0.6 is 11.6 Å². The van der Waals surface area contributed by atoms with Crippen molar-refractivity contribution in [2.75, 3.05) is 18.7 Å². The molecule has 1 aliphatic rings. The van der Waals surface area contributed by atoms with E-state index in [2.05, 4.69) is 5.32 Å². The number of carbonyl (C=O) groups excluding carboxylic acids is 2. The highest BCUT2D eigenvalue weighted by molar-refractivity contribution is 6.32. The third kappa shape index (κ3) is 4.51. The molecular formula is C18H14ClNO5. The van der Waals surface area contributed by atoms with E-state index in [4.69, 9.17) is 25.8 Å². The molecule has 0 saturated carbocycles. The van der Waals surface area contributed by atoms with E-state index in [-0.39, 0.29) is 6.79 Å². The van der Waals surface area contributed by atoms with E-state index in [1.807, 2.05) is 0 Å². The lowest BCUT2D eigenvalue weighted by Gasteiger charge is -2.06. The van der Waals surface area contributed by atoms with Crippen molar-refractivity contribution in [3.8, 4) is 11.5 Å². The molecule has 6 nitrogen and oxygen atoms in total. The summed E-state index contributed by atoms with van der Waals surface area (Å²) in [6.45, 7) is -0.248. The summed E-state index contributed by atoms with van der Waals surface area (Å²) in [5.41, 5.74) is 1.21. The number of hydrogen-bond acceptors (Lipinski definition) is 5. The Morgan fingerprint density at radius 2 is 1.96 bits per heavy atom. The summed E-state index contributed by atoms with van der Waals surface area (Å²) >= 11 is 5.98. The molecule has 0 saturated heterocycles. The number of fused-ring (bicyclic) bond motifs is 1. The number of hydrogen-bond donors (Lipinski definition) is 1. The summed E-state index contributed by atoms with van der Waals surface area (Å²) in [4.78, 5) is 23.5. The van der Waals surface area contributed by atoms with Crippen LogP contribution < -0.4 is 14.8 Å². The molecule has 25 heavy (non-hydrogen) atoms. The molecule has 1 aliphatic heterocycles. The Balaban J connectivity index is 1.49. The lowest BCUT2D eigenvalue weighted by molar-refractivity contribution is -0.142. The highest BCUT2D eigenvalue weighted by Gasteiger charge is 2.14. The number of rotatable bonds is 5. The zero-order valence-corrected chi connectivity index (χ0v) is 13.8. The largest absolute Gasteiger partial charge is 0.454 e. The predicted octanol–water partition coefficient (Wildman–Crippen LogP) is 3.26. The zero-order chi connectivity index (χ0) is 17.6. The zero-order valence-electron chi connectivity index (χ0n) is 13.0. The molecule has 0 spiro atoms. The number of nitrogens with one attached hydrogen (secondary N) is 1. The molecule has 1 heterocycles. The molecule has 7 heteroatoms. The normalized spacial score (nSPS) is 12.2. The summed E-state index contributed by atoms with van der Waals surface area (Å²) in [6, 6.07) is 12.1. The SMILES string of the molecule is O=C(COC(=O)C=Cc1ccccc1Cl)Nc1ccc2c(c1)OCO2. The maximum atomic E-state index is 11.8. The average molecular weight is 360 g/mol. The van der Waals surface area contributed by atoms with Gasteiger partial charge in [0.2, 0.25) is 6.79 Å². The van der Waals surface area contributed by atoms with Gasteiger partial charge in [0.15, 0.2) is 18.1 Å². The minimum atomic E-state index is -0.638. The van der Waals surface area contributed by atoms with Gasteiger partial charge in [-0.2, -0.15) is 0 Å². The molecule has 0 atom stereocenters. The lowest BCUT2D eigenvalue weighted by atomic mass is 10.2. The van der Waals surface area contributed by atoms with Crippen LogP contribution in [0.25, 0.3) is 6.08 Å². The number of halogens is 1. The van der Waals surface area contributed by atoms with Crippen LogP contribution in [0, 0.1) is 0 Å². The summed E-state index contributed by atoms with van der Waals surface area (Å²) in [5, 5.41) is 3.13. The summed E-state index contributed by atoms with van der Waals surface area (Å²) in [6.07, 6.45) is 2.75. The van der Waals surface area contributed by atoms with E-state index in [1.165, 1.54) is 12.2 Å². The second-order valence-corrected chi connectivity index (χ2v) is 5.49. The van der Waals surface area contributed by atoms with Gasteiger partial charge in [0.25, 0.3) is 5.91 Å². The molecular weight excluding hydrogens is 346 g/mol. The molecule has 0 bridgehead atoms. The van der Waals surface area contributed by atoms with Crippen LogP contribution in [-0.4, -0.2) is 25.3 Å². The highest BCUT2D eigenvalue weighted by atomic mass is 35.5. The maximum Gasteiger partial charge on any atom is 0.331 e. The van der Waals surface area contributed by atoms with Crippen LogP contribution in [0.5, 0.6) is 11.5 Å². The van der Waals surface area contributed by atoms with Gasteiger partial charge in [0.05, 0.1) is 0 Å². The van der Waals surface area contributed by atoms with Crippen LogP contribution in [-0.2, 0) is 14.3 Å². The fourth-order valence-electron chi connectivity index (χ4n) is 2.12. The highest BCUT2D eigenvalue weighted by Crippen LogP contribution is 2.34. The second kappa shape index (κ2) is 7.72. The molecule has 0 radical (unpaired) electrons. The van der Waals surface area contributed by atoms with Crippen molar-refractivity contribution in [1.29, 1.82) is 0 Å². The van der Waals surface area contributed by atoms with Crippen LogP contribution in [0.1, 0.15) is 5.56 Å². The molecule has 0 fully saturated rings. The van der Waals surface area contributed by atoms with E-state index in [9.17, 15) is 9.59 Å². The Hall–Kier alpha value is -2.99. The van der Waals surface area contributed by atoms with Gasteiger partial charge in [-0.3, -0.25) is 4.79 Å². The second-order valence-electron chi connectivity index (χ2n) is 5.08. The maximum absolute atomic E-state index is 11.8.